The van der Waals surface area contributed by atoms with Crippen molar-refractivity contribution in [1.29, 1.82) is 0 Å². The van der Waals surface area contributed by atoms with E-state index in [1.807, 2.05) is 42.8 Å². The minimum absolute atomic E-state index is 0.0554. The summed E-state index contributed by atoms with van der Waals surface area (Å²) in [5.74, 6) is -0.0874. The third-order valence-corrected chi connectivity index (χ3v) is 5.08. The molecule has 0 aliphatic carbocycles. The fourth-order valence-corrected chi connectivity index (χ4v) is 3.54. The molecule has 3 aromatic rings. The first-order valence-electron chi connectivity index (χ1n) is 7.68. The maximum Gasteiger partial charge on any atom is 0.253 e. The zero-order chi connectivity index (χ0) is 16.6. The van der Waals surface area contributed by atoms with E-state index in [0.29, 0.717) is 5.56 Å². The molecule has 0 aromatic carbocycles. The highest BCUT2D eigenvalue weighted by atomic mass is 32.1. The molecule has 23 heavy (non-hydrogen) atoms. The number of hydrogen-bond donors (Lipinski definition) is 1. The fraction of sp³-hybridized carbons (Fsp3) is 0.353. The molecular weight excluding hydrogens is 308 g/mol. The lowest BCUT2D eigenvalue weighted by Gasteiger charge is -2.14. The van der Waals surface area contributed by atoms with Crippen molar-refractivity contribution in [3.63, 3.8) is 0 Å². The zero-order valence-corrected chi connectivity index (χ0v) is 14.6. The van der Waals surface area contributed by atoms with Gasteiger partial charge in [0, 0.05) is 17.3 Å². The molecule has 3 aromatic heterocycles. The topological polar surface area (TPSA) is 59.3 Å². The number of thiazole rings is 1. The maximum absolute atomic E-state index is 12.6. The largest absolute Gasteiger partial charge is 0.343 e. The summed E-state index contributed by atoms with van der Waals surface area (Å²) in [5.41, 5.74) is 3.44. The van der Waals surface area contributed by atoms with Gasteiger partial charge in [-0.3, -0.25) is 4.79 Å². The van der Waals surface area contributed by atoms with Gasteiger partial charge in [0.2, 0.25) is 0 Å². The second-order valence-corrected chi connectivity index (χ2v) is 6.93. The van der Waals surface area contributed by atoms with Crippen molar-refractivity contribution in [2.75, 3.05) is 0 Å². The highest BCUT2D eigenvalue weighted by molar-refractivity contribution is 7.11. The van der Waals surface area contributed by atoms with Crippen molar-refractivity contribution in [3.05, 3.63) is 51.4 Å². The van der Waals surface area contributed by atoms with Crippen LogP contribution in [0.1, 0.15) is 51.0 Å². The molecule has 0 bridgehead atoms. The van der Waals surface area contributed by atoms with Crippen LogP contribution < -0.4 is 5.32 Å². The minimum Gasteiger partial charge on any atom is -0.343 e. The first-order valence-corrected chi connectivity index (χ1v) is 8.49. The Balaban J connectivity index is 1.83. The van der Waals surface area contributed by atoms with Crippen molar-refractivity contribution in [2.45, 2.75) is 40.2 Å². The standard InChI is InChI=1S/C17H20N4OS/c1-5-14(17-19-11(3)12(4)23-17)20-16(22)13-6-7-15-18-10(2)8-21(15)9-13/h6-9,14H,5H2,1-4H3,(H,20,22)/t14-/m0/s1. The van der Waals surface area contributed by atoms with E-state index in [1.54, 1.807) is 11.3 Å². The Morgan fingerprint density at radius 1 is 1.26 bits per heavy atom. The zero-order valence-electron chi connectivity index (χ0n) is 13.8. The number of carbonyl (C=O) groups excluding carboxylic acids is 1. The first-order chi connectivity index (χ1) is 11.0. The number of nitrogens with one attached hydrogen (secondary N) is 1. The number of pyridine rings is 1. The van der Waals surface area contributed by atoms with Gasteiger partial charge in [0.05, 0.1) is 23.0 Å². The molecular formula is C17H20N4OS. The van der Waals surface area contributed by atoms with E-state index in [-0.39, 0.29) is 11.9 Å². The van der Waals surface area contributed by atoms with Crippen molar-refractivity contribution in [1.82, 2.24) is 19.7 Å². The van der Waals surface area contributed by atoms with E-state index in [2.05, 4.69) is 29.1 Å². The summed E-state index contributed by atoms with van der Waals surface area (Å²) in [7, 11) is 0. The van der Waals surface area contributed by atoms with Crippen LogP contribution in [0.5, 0.6) is 0 Å². The average molecular weight is 328 g/mol. The van der Waals surface area contributed by atoms with Gasteiger partial charge in [0.25, 0.3) is 5.91 Å². The summed E-state index contributed by atoms with van der Waals surface area (Å²) in [5, 5.41) is 4.05. The highest BCUT2D eigenvalue weighted by Gasteiger charge is 2.18. The van der Waals surface area contributed by atoms with Gasteiger partial charge in [-0.2, -0.15) is 0 Å². The molecule has 1 N–H and O–H groups in total. The Morgan fingerprint density at radius 2 is 2.04 bits per heavy atom. The molecule has 0 radical (unpaired) electrons. The molecule has 0 fully saturated rings. The van der Waals surface area contributed by atoms with Gasteiger partial charge < -0.3 is 9.72 Å². The van der Waals surface area contributed by atoms with E-state index in [0.717, 1.165) is 28.5 Å². The summed E-state index contributed by atoms with van der Waals surface area (Å²) in [4.78, 5) is 22.7. The Hall–Kier alpha value is -2.21. The van der Waals surface area contributed by atoms with Crippen LogP contribution >= 0.6 is 11.3 Å². The lowest BCUT2D eigenvalue weighted by atomic mass is 10.2. The lowest BCUT2D eigenvalue weighted by molar-refractivity contribution is 0.0935. The maximum atomic E-state index is 12.6. The number of amides is 1. The SMILES string of the molecule is CC[C@H](NC(=O)c1ccc2nc(C)cn2c1)c1nc(C)c(C)s1. The number of nitrogens with zero attached hydrogens (tertiary/aromatic N) is 3. The molecule has 0 saturated carbocycles. The number of aryl methyl sites for hydroxylation is 3. The summed E-state index contributed by atoms with van der Waals surface area (Å²) in [6.45, 7) is 8.05. The van der Waals surface area contributed by atoms with Crippen LogP contribution in [0.2, 0.25) is 0 Å². The van der Waals surface area contributed by atoms with Crippen LogP contribution in [0.25, 0.3) is 5.65 Å². The van der Waals surface area contributed by atoms with Gasteiger partial charge in [-0.1, -0.05) is 6.92 Å². The summed E-state index contributed by atoms with van der Waals surface area (Å²) in [6.07, 6.45) is 4.54. The molecule has 1 amide bonds. The van der Waals surface area contributed by atoms with Gasteiger partial charge in [-0.25, -0.2) is 9.97 Å². The van der Waals surface area contributed by atoms with Gasteiger partial charge in [-0.15, -0.1) is 11.3 Å². The quantitative estimate of drug-likeness (QED) is 0.796. The molecule has 0 spiro atoms. The van der Waals surface area contributed by atoms with Crippen LogP contribution in [0, 0.1) is 20.8 Å². The molecule has 6 heteroatoms. The van der Waals surface area contributed by atoms with Crippen LogP contribution in [0.3, 0.4) is 0 Å². The van der Waals surface area contributed by atoms with E-state index < -0.39 is 0 Å². The number of aromatic nitrogens is 3. The molecule has 0 saturated heterocycles. The van der Waals surface area contributed by atoms with Crippen LogP contribution in [0.4, 0.5) is 0 Å². The van der Waals surface area contributed by atoms with Crippen molar-refractivity contribution in [3.8, 4) is 0 Å². The third kappa shape index (κ3) is 3.12. The minimum atomic E-state index is -0.0874. The lowest BCUT2D eigenvalue weighted by Crippen LogP contribution is -2.28. The highest BCUT2D eigenvalue weighted by Crippen LogP contribution is 2.25. The predicted octanol–water partition coefficient (Wildman–Crippen LogP) is 3.60. The molecule has 3 rings (SSSR count). The number of carbonyl (C=O) groups is 1. The van der Waals surface area contributed by atoms with Crippen LogP contribution in [0.15, 0.2) is 24.5 Å². The van der Waals surface area contributed by atoms with Crippen LogP contribution in [-0.2, 0) is 0 Å². The van der Waals surface area contributed by atoms with Crippen molar-refractivity contribution < 1.29 is 4.79 Å². The molecule has 0 unspecified atom stereocenters. The number of rotatable bonds is 4. The first kappa shape index (κ1) is 15.7. The Kier molecular flexibility index (Phi) is 4.17. The van der Waals surface area contributed by atoms with Gasteiger partial charge in [0.15, 0.2) is 0 Å². The van der Waals surface area contributed by atoms with Gasteiger partial charge in [-0.05, 0) is 39.3 Å². The number of imidazole rings is 1. The van der Waals surface area contributed by atoms with Gasteiger partial charge >= 0.3 is 0 Å². The molecule has 1 atom stereocenters. The molecule has 120 valence electrons. The van der Waals surface area contributed by atoms with E-state index in [9.17, 15) is 4.79 Å². The van der Waals surface area contributed by atoms with E-state index >= 15 is 0 Å². The number of hydrogen-bond acceptors (Lipinski definition) is 4. The van der Waals surface area contributed by atoms with E-state index in [4.69, 9.17) is 0 Å². The smallest absolute Gasteiger partial charge is 0.253 e. The average Bonchev–Trinajstić information content (AvgIpc) is 3.05. The van der Waals surface area contributed by atoms with Crippen molar-refractivity contribution >= 4 is 22.9 Å². The molecule has 3 heterocycles. The van der Waals surface area contributed by atoms with Gasteiger partial charge in [0.1, 0.15) is 10.7 Å². The molecule has 5 nitrogen and oxygen atoms in total. The summed E-state index contributed by atoms with van der Waals surface area (Å²) >= 11 is 1.65. The molecule has 0 aliphatic rings. The Labute approximate surface area is 139 Å². The third-order valence-electron chi connectivity index (χ3n) is 3.89. The second-order valence-electron chi connectivity index (χ2n) is 5.69. The number of fused-ring (bicyclic) bond motifs is 1. The summed E-state index contributed by atoms with van der Waals surface area (Å²) in [6, 6.07) is 3.61. The normalized spacial score (nSPS) is 12.5. The Morgan fingerprint density at radius 3 is 2.70 bits per heavy atom. The Bertz CT molecular complexity index is 845. The van der Waals surface area contributed by atoms with Crippen molar-refractivity contribution in [2.24, 2.45) is 0 Å². The second kappa shape index (κ2) is 6.12. The monoisotopic (exact) mass is 328 g/mol. The molecule has 0 aliphatic heterocycles. The van der Waals surface area contributed by atoms with Crippen LogP contribution in [-0.4, -0.2) is 20.3 Å². The van der Waals surface area contributed by atoms with E-state index in [1.165, 1.54) is 4.88 Å². The fourth-order valence-electron chi connectivity index (χ4n) is 2.48. The predicted molar refractivity (Wildman–Crippen MR) is 92.0 cm³/mol. The summed E-state index contributed by atoms with van der Waals surface area (Å²) < 4.78 is 1.88.